The Labute approximate surface area is 169 Å². The number of ketones is 1. The lowest BCUT2D eigenvalue weighted by atomic mass is 9.69. The van der Waals surface area contributed by atoms with Crippen molar-refractivity contribution in [2.75, 3.05) is 7.11 Å². The number of hydrogen-bond acceptors (Lipinski definition) is 4. The molecule has 28 heavy (non-hydrogen) atoms. The molecular weight excluding hydrogens is 352 g/mol. The summed E-state index contributed by atoms with van der Waals surface area (Å²) < 4.78 is 11.8. The minimum Gasteiger partial charge on any atom is -0.496 e. The number of ether oxygens (including phenoxy) is 2. The molecule has 0 radical (unpaired) electrons. The lowest BCUT2D eigenvalue weighted by Crippen LogP contribution is -2.45. The maximum atomic E-state index is 13.2. The lowest BCUT2D eigenvalue weighted by molar-refractivity contribution is -0.155. The zero-order chi connectivity index (χ0) is 20.6. The van der Waals surface area contributed by atoms with Gasteiger partial charge in [0.2, 0.25) is 0 Å². The van der Waals surface area contributed by atoms with Crippen LogP contribution in [0.4, 0.5) is 0 Å². The molecule has 0 amide bonds. The van der Waals surface area contributed by atoms with E-state index in [1.165, 1.54) is 5.57 Å². The van der Waals surface area contributed by atoms with Crippen LogP contribution in [0.1, 0.15) is 66.7 Å². The van der Waals surface area contributed by atoms with Gasteiger partial charge in [-0.05, 0) is 50.0 Å². The Morgan fingerprint density at radius 1 is 1.11 bits per heavy atom. The summed E-state index contributed by atoms with van der Waals surface area (Å²) in [4.78, 5) is 26.1. The molecule has 0 N–H and O–H groups in total. The Bertz CT molecular complexity index is 757. The summed E-state index contributed by atoms with van der Waals surface area (Å²) in [6, 6.07) is 0. The highest BCUT2D eigenvalue weighted by Crippen LogP contribution is 2.50. The van der Waals surface area contributed by atoms with Crippen LogP contribution in [0.25, 0.3) is 0 Å². The smallest absolute Gasteiger partial charge is 0.346 e. The Hall–Kier alpha value is -1.84. The van der Waals surface area contributed by atoms with Crippen LogP contribution in [0.3, 0.4) is 0 Å². The second-order valence-electron chi connectivity index (χ2n) is 9.24. The number of methoxy groups -OCH3 is 1. The van der Waals surface area contributed by atoms with Crippen LogP contribution in [0.5, 0.6) is 0 Å². The highest BCUT2D eigenvalue weighted by Gasteiger charge is 2.57. The predicted octanol–water partition coefficient (Wildman–Crippen LogP) is 5.15. The average Bonchev–Trinajstić information content (AvgIpc) is 2.89. The van der Waals surface area contributed by atoms with E-state index in [9.17, 15) is 9.59 Å². The Balaban J connectivity index is 2.15. The van der Waals surface area contributed by atoms with Crippen molar-refractivity contribution >= 4 is 11.8 Å². The maximum Gasteiger partial charge on any atom is 0.346 e. The number of hydrogen-bond donors (Lipinski definition) is 0. The van der Waals surface area contributed by atoms with E-state index >= 15 is 0 Å². The number of Topliss-reactive ketones (excluding diaryl/α,β-unsaturated/α-hetero) is 1. The molecule has 0 aromatic carbocycles. The molecule has 0 unspecified atom stereocenters. The molecule has 0 fully saturated rings. The van der Waals surface area contributed by atoms with E-state index in [2.05, 4.69) is 33.8 Å². The molecule has 1 aliphatic heterocycles. The van der Waals surface area contributed by atoms with E-state index in [4.69, 9.17) is 9.47 Å². The number of carbonyl (C=O) groups is 2. The monoisotopic (exact) mass is 386 g/mol. The van der Waals surface area contributed by atoms with E-state index < -0.39 is 11.6 Å². The van der Waals surface area contributed by atoms with E-state index in [0.29, 0.717) is 29.6 Å². The number of esters is 1. The SMILES string of the molecule is COC1=C2C(=O)O[C@]13C[C@H](C)C(C)=C[C@@H]3CCC[C@@H](C)C[C@@H](C)/C=C(\C)C2=O. The van der Waals surface area contributed by atoms with Gasteiger partial charge in [-0.25, -0.2) is 4.79 Å². The third-order valence-electron chi connectivity index (χ3n) is 6.85. The van der Waals surface area contributed by atoms with Crippen molar-refractivity contribution in [3.05, 3.63) is 34.6 Å². The molecule has 0 saturated heterocycles. The molecule has 0 aromatic heterocycles. The Morgan fingerprint density at radius 2 is 1.82 bits per heavy atom. The fourth-order valence-electron chi connectivity index (χ4n) is 5.32. The van der Waals surface area contributed by atoms with Crippen molar-refractivity contribution in [1.82, 2.24) is 0 Å². The minimum absolute atomic E-state index is 0.0440. The van der Waals surface area contributed by atoms with Gasteiger partial charge < -0.3 is 9.47 Å². The minimum atomic E-state index is -0.848. The van der Waals surface area contributed by atoms with Gasteiger partial charge in [-0.15, -0.1) is 0 Å². The molecular formula is C24H34O4. The first-order chi connectivity index (χ1) is 13.2. The van der Waals surface area contributed by atoms with Gasteiger partial charge in [0.05, 0.1) is 7.11 Å². The van der Waals surface area contributed by atoms with Gasteiger partial charge in [0.15, 0.2) is 17.1 Å². The largest absolute Gasteiger partial charge is 0.496 e. The first-order valence-corrected chi connectivity index (χ1v) is 10.6. The van der Waals surface area contributed by atoms with Crippen molar-refractivity contribution in [1.29, 1.82) is 0 Å². The summed E-state index contributed by atoms with van der Waals surface area (Å²) in [6.45, 7) is 10.5. The topological polar surface area (TPSA) is 52.6 Å². The van der Waals surface area contributed by atoms with Crippen molar-refractivity contribution in [3.63, 3.8) is 0 Å². The van der Waals surface area contributed by atoms with E-state index in [0.717, 1.165) is 25.7 Å². The van der Waals surface area contributed by atoms with Crippen molar-refractivity contribution in [2.45, 2.75) is 72.3 Å². The van der Waals surface area contributed by atoms with Crippen molar-refractivity contribution in [3.8, 4) is 0 Å². The standard InChI is InChI=1S/C24H34O4/c1-14-8-7-9-19-12-16(3)18(5)13-24(19)22(27-6)20(23(26)28-24)21(25)17(4)11-15(2)10-14/h11-12,14-15,18-19H,7-10,13H2,1-6H3/b17-11+/t14-,15-,18+,19+,24+/m1/s1. The number of carbonyl (C=O) groups excluding carboxylic acids is 2. The molecule has 4 nitrogen and oxygen atoms in total. The summed E-state index contributed by atoms with van der Waals surface area (Å²) in [7, 11) is 1.56. The third-order valence-corrected chi connectivity index (χ3v) is 6.85. The van der Waals surface area contributed by atoms with Crippen LogP contribution < -0.4 is 0 Å². The molecule has 1 spiro atoms. The molecule has 0 saturated carbocycles. The van der Waals surface area contributed by atoms with Crippen LogP contribution in [0.2, 0.25) is 0 Å². The summed E-state index contributed by atoms with van der Waals surface area (Å²) in [5.41, 5.74) is 1.17. The fourth-order valence-corrected chi connectivity index (χ4v) is 5.32. The zero-order valence-electron chi connectivity index (χ0n) is 18.1. The van der Waals surface area contributed by atoms with Gasteiger partial charge in [0, 0.05) is 12.3 Å². The van der Waals surface area contributed by atoms with E-state index in [1.54, 1.807) is 14.0 Å². The molecule has 154 valence electrons. The molecule has 3 rings (SSSR count). The normalized spacial score (nSPS) is 38.9. The van der Waals surface area contributed by atoms with Crippen molar-refractivity contribution < 1.29 is 19.1 Å². The predicted molar refractivity (Wildman–Crippen MR) is 109 cm³/mol. The van der Waals surface area contributed by atoms with Crippen LogP contribution in [-0.4, -0.2) is 24.5 Å². The molecule has 3 aliphatic rings. The lowest BCUT2D eigenvalue weighted by Gasteiger charge is -2.42. The number of allylic oxidation sites excluding steroid dienone is 3. The van der Waals surface area contributed by atoms with Gasteiger partial charge in [-0.3, -0.25) is 4.79 Å². The first-order valence-electron chi connectivity index (χ1n) is 10.6. The summed E-state index contributed by atoms with van der Waals surface area (Å²) in [6.07, 6.45) is 9.10. The quantitative estimate of drug-likeness (QED) is 0.355. The molecule has 5 atom stereocenters. The molecule has 2 bridgehead atoms. The molecule has 2 aliphatic carbocycles. The maximum absolute atomic E-state index is 13.2. The van der Waals surface area contributed by atoms with E-state index in [-0.39, 0.29) is 23.2 Å². The fraction of sp³-hybridized carbons (Fsp3) is 0.667. The van der Waals surface area contributed by atoms with Gasteiger partial charge in [-0.2, -0.15) is 0 Å². The summed E-state index contributed by atoms with van der Waals surface area (Å²) in [5.74, 6) is 0.861. The number of rotatable bonds is 1. The summed E-state index contributed by atoms with van der Waals surface area (Å²) in [5, 5.41) is 0. The van der Waals surface area contributed by atoms with Gasteiger partial charge in [-0.1, -0.05) is 51.3 Å². The van der Waals surface area contributed by atoms with Crippen LogP contribution in [0.15, 0.2) is 34.6 Å². The van der Waals surface area contributed by atoms with Crippen LogP contribution in [-0.2, 0) is 19.1 Å². The first kappa shape index (κ1) is 20.9. The highest BCUT2D eigenvalue weighted by molar-refractivity contribution is 6.25. The average molecular weight is 387 g/mol. The molecule has 0 aromatic rings. The van der Waals surface area contributed by atoms with Gasteiger partial charge in [0.25, 0.3) is 0 Å². The van der Waals surface area contributed by atoms with Gasteiger partial charge >= 0.3 is 5.97 Å². The molecule has 1 heterocycles. The Morgan fingerprint density at radius 3 is 2.50 bits per heavy atom. The Kier molecular flexibility index (Phi) is 5.88. The molecule has 4 heteroatoms. The second kappa shape index (κ2) is 7.88. The summed E-state index contributed by atoms with van der Waals surface area (Å²) >= 11 is 0. The zero-order valence-corrected chi connectivity index (χ0v) is 18.1. The van der Waals surface area contributed by atoms with Gasteiger partial charge in [0.1, 0.15) is 5.57 Å². The second-order valence-corrected chi connectivity index (χ2v) is 9.24. The third kappa shape index (κ3) is 3.58. The highest BCUT2D eigenvalue weighted by atomic mass is 16.6. The van der Waals surface area contributed by atoms with Crippen LogP contribution >= 0.6 is 0 Å². The van der Waals surface area contributed by atoms with Crippen LogP contribution in [0, 0.1) is 23.7 Å². The van der Waals surface area contributed by atoms with Crippen molar-refractivity contribution in [2.24, 2.45) is 23.7 Å². The van der Waals surface area contributed by atoms with E-state index in [1.807, 2.05) is 6.08 Å².